The van der Waals surface area contributed by atoms with Gasteiger partial charge in [0.15, 0.2) is 5.78 Å². The summed E-state index contributed by atoms with van der Waals surface area (Å²) in [4.78, 5) is 30.3. The van der Waals surface area contributed by atoms with Crippen LogP contribution in [0.3, 0.4) is 0 Å². The summed E-state index contributed by atoms with van der Waals surface area (Å²) in [6, 6.07) is 11.2. The fourth-order valence-electron chi connectivity index (χ4n) is 2.51. The van der Waals surface area contributed by atoms with E-state index in [1.807, 2.05) is 64.1 Å². The second-order valence-electron chi connectivity index (χ2n) is 7.74. The van der Waals surface area contributed by atoms with Crippen LogP contribution < -0.4 is 0 Å². The van der Waals surface area contributed by atoms with Gasteiger partial charge < -0.3 is 9.64 Å². The highest BCUT2D eigenvalue weighted by atomic mass is 16.6. The average Bonchev–Trinajstić information content (AvgIpc) is 2.61. The molecule has 1 aromatic carbocycles. The molecule has 0 aliphatic carbocycles. The molecule has 1 aromatic heterocycles. The number of hydrogen-bond donors (Lipinski definition) is 0. The Morgan fingerprint density at radius 2 is 1.67 bits per heavy atom. The maximum absolute atomic E-state index is 12.5. The van der Waals surface area contributed by atoms with Crippen molar-refractivity contribution >= 4 is 11.9 Å². The zero-order chi connectivity index (χ0) is 20.0. The molecule has 0 aliphatic heterocycles. The Balaban J connectivity index is 1.86. The first-order chi connectivity index (χ1) is 12.7. The summed E-state index contributed by atoms with van der Waals surface area (Å²) in [5.74, 6) is -0.0290. The lowest BCUT2D eigenvalue weighted by atomic mass is 10.0. The molecule has 1 heterocycles. The minimum Gasteiger partial charge on any atom is -0.444 e. The number of amides is 1. The molecule has 0 fully saturated rings. The van der Waals surface area contributed by atoms with Crippen molar-refractivity contribution in [1.29, 1.82) is 0 Å². The van der Waals surface area contributed by atoms with Gasteiger partial charge in [0.05, 0.1) is 0 Å². The molecule has 0 atom stereocenters. The highest BCUT2D eigenvalue weighted by molar-refractivity contribution is 6.08. The molecule has 27 heavy (non-hydrogen) atoms. The van der Waals surface area contributed by atoms with Gasteiger partial charge >= 0.3 is 6.09 Å². The molecule has 0 aliphatic rings. The molecule has 0 spiro atoms. The second kappa shape index (κ2) is 8.80. The number of benzene rings is 1. The van der Waals surface area contributed by atoms with E-state index in [9.17, 15) is 9.59 Å². The standard InChI is InChI=1S/C22H28N2O3/c1-16-8-10-17(11-9-16)20(25)18-12-13-19(23-15-18)7-6-14-24(5)21(26)27-22(2,3)4/h8-13,15H,6-7,14H2,1-5H3. The van der Waals surface area contributed by atoms with Crippen LogP contribution in [0.15, 0.2) is 42.6 Å². The van der Waals surface area contributed by atoms with Gasteiger partial charge in [-0.25, -0.2) is 4.79 Å². The second-order valence-corrected chi connectivity index (χ2v) is 7.74. The van der Waals surface area contributed by atoms with E-state index in [-0.39, 0.29) is 11.9 Å². The Labute approximate surface area is 161 Å². The van der Waals surface area contributed by atoms with E-state index < -0.39 is 5.60 Å². The SMILES string of the molecule is Cc1ccc(C(=O)c2ccc(CCCN(C)C(=O)OC(C)(C)C)nc2)cc1. The number of aryl methyl sites for hydroxylation is 2. The van der Waals surface area contributed by atoms with Crippen LogP contribution in [0.1, 0.15) is 54.4 Å². The van der Waals surface area contributed by atoms with Gasteiger partial charge in [0.25, 0.3) is 0 Å². The topological polar surface area (TPSA) is 59.5 Å². The normalized spacial score (nSPS) is 11.1. The third kappa shape index (κ3) is 6.51. The van der Waals surface area contributed by atoms with Crippen LogP contribution in [0, 0.1) is 6.92 Å². The molecular weight excluding hydrogens is 340 g/mol. The molecule has 2 rings (SSSR count). The molecular formula is C22H28N2O3. The van der Waals surface area contributed by atoms with Crippen molar-refractivity contribution in [3.05, 3.63) is 65.0 Å². The molecule has 5 nitrogen and oxygen atoms in total. The fraction of sp³-hybridized carbons (Fsp3) is 0.409. The van der Waals surface area contributed by atoms with E-state index >= 15 is 0 Å². The van der Waals surface area contributed by atoms with Crippen molar-refractivity contribution in [2.45, 2.75) is 46.1 Å². The number of aromatic nitrogens is 1. The van der Waals surface area contributed by atoms with Crippen LogP contribution >= 0.6 is 0 Å². The smallest absolute Gasteiger partial charge is 0.410 e. The van der Waals surface area contributed by atoms with Gasteiger partial charge in [-0.1, -0.05) is 29.8 Å². The summed E-state index contributed by atoms with van der Waals surface area (Å²) < 4.78 is 5.33. The lowest BCUT2D eigenvalue weighted by molar-refractivity contribution is 0.0297. The van der Waals surface area contributed by atoms with E-state index in [2.05, 4.69) is 4.98 Å². The van der Waals surface area contributed by atoms with Crippen molar-refractivity contribution in [2.24, 2.45) is 0 Å². The van der Waals surface area contributed by atoms with Gasteiger partial charge in [-0.05, 0) is 52.7 Å². The number of nitrogens with zero attached hydrogens (tertiary/aromatic N) is 2. The van der Waals surface area contributed by atoms with Gasteiger partial charge in [0.2, 0.25) is 0 Å². The van der Waals surface area contributed by atoms with Crippen LogP contribution in [0.5, 0.6) is 0 Å². The first-order valence-corrected chi connectivity index (χ1v) is 9.16. The van der Waals surface area contributed by atoms with Crippen LogP contribution in [0.4, 0.5) is 4.79 Å². The molecule has 0 saturated heterocycles. The first-order valence-electron chi connectivity index (χ1n) is 9.16. The molecule has 5 heteroatoms. The zero-order valence-corrected chi connectivity index (χ0v) is 16.8. The summed E-state index contributed by atoms with van der Waals surface area (Å²) >= 11 is 0. The maximum atomic E-state index is 12.5. The first kappa shape index (κ1) is 20.6. The number of carbonyl (C=O) groups excluding carboxylic acids is 2. The number of hydrogen-bond acceptors (Lipinski definition) is 4. The van der Waals surface area contributed by atoms with E-state index in [4.69, 9.17) is 4.74 Å². The van der Waals surface area contributed by atoms with Crippen molar-refractivity contribution in [3.8, 4) is 0 Å². The van der Waals surface area contributed by atoms with Crippen LogP contribution in [0.25, 0.3) is 0 Å². The van der Waals surface area contributed by atoms with Gasteiger partial charge in [0.1, 0.15) is 5.60 Å². The fourth-order valence-corrected chi connectivity index (χ4v) is 2.51. The van der Waals surface area contributed by atoms with E-state index in [1.165, 1.54) is 0 Å². The third-order valence-corrected chi connectivity index (χ3v) is 4.03. The summed E-state index contributed by atoms with van der Waals surface area (Å²) in [5, 5.41) is 0. The molecule has 2 aromatic rings. The van der Waals surface area contributed by atoms with Crippen molar-refractivity contribution < 1.29 is 14.3 Å². The summed E-state index contributed by atoms with van der Waals surface area (Å²) in [6.45, 7) is 8.12. The van der Waals surface area contributed by atoms with E-state index in [1.54, 1.807) is 18.1 Å². The Bertz CT molecular complexity index is 775. The molecule has 0 saturated carbocycles. The maximum Gasteiger partial charge on any atom is 0.410 e. The Morgan fingerprint density at radius 1 is 1.04 bits per heavy atom. The minimum atomic E-state index is -0.493. The molecule has 0 unspecified atom stereocenters. The van der Waals surface area contributed by atoms with Crippen molar-refractivity contribution in [3.63, 3.8) is 0 Å². The molecule has 0 N–H and O–H groups in total. The lowest BCUT2D eigenvalue weighted by Gasteiger charge is -2.24. The van der Waals surface area contributed by atoms with Crippen molar-refractivity contribution in [2.75, 3.05) is 13.6 Å². The van der Waals surface area contributed by atoms with E-state index in [0.717, 1.165) is 24.1 Å². The van der Waals surface area contributed by atoms with Crippen LogP contribution in [-0.2, 0) is 11.2 Å². The van der Waals surface area contributed by atoms with Gasteiger partial charge in [0, 0.05) is 36.6 Å². The minimum absolute atomic E-state index is 0.0290. The number of ether oxygens (including phenoxy) is 1. The van der Waals surface area contributed by atoms with Crippen LogP contribution in [-0.4, -0.2) is 41.0 Å². The number of carbonyl (C=O) groups is 2. The van der Waals surface area contributed by atoms with Gasteiger partial charge in [-0.2, -0.15) is 0 Å². The highest BCUT2D eigenvalue weighted by Crippen LogP contribution is 2.12. The third-order valence-electron chi connectivity index (χ3n) is 4.03. The van der Waals surface area contributed by atoms with E-state index in [0.29, 0.717) is 17.7 Å². The Kier molecular flexibility index (Phi) is 6.72. The predicted octanol–water partition coefficient (Wildman–Crippen LogP) is 4.42. The quantitative estimate of drug-likeness (QED) is 0.708. The summed E-state index contributed by atoms with van der Waals surface area (Å²) in [5.41, 5.74) is 2.76. The number of pyridine rings is 1. The molecule has 144 valence electrons. The largest absolute Gasteiger partial charge is 0.444 e. The van der Waals surface area contributed by atoms with Gasteiger partial charge in [-0.15, -0.1) is 0 Å². The van der Waals surface area contributed by atoms with Crippen LogP contribution in [0.2, 0.25) is 0 Å². The molecule has 0 radical (unpaired) electrons. The summed E-state index contributed by atoms with van der Waals surface area (Å²) in [7, 11) is 1.73. The monoisotopic (exact) mass is 368 g/mol. The number of rotatable bonds is 6. The van der Waals surface area contributed by atoms with Gasteiger partial charge in [-0.3, -0.25) is 9.78 Å². The Hall–Kier alpha value is -2.69. The highest BCUT2D eigenvalue weighted by Gasteiger charge is 2.19. The Morgan fingerprint density at radius 3 is 2.22 bits per heavy atom. The molecule has 0 bridgehead atoms. The van der Waals surface area contributed by atoms with Crippen molar-refractivity contribution in [1.82, 2.24) is 9.88 Å². The average molecular weight is 368 g/mol. The number of ketones is 1. The summed E-state index contributed by atoms with van der Waals surface area (Å²) in [6.07, 6.45) is 2.80. The predicted molar refractivity (Wildman–Crippen MR) is 106 cm³/mol. The lowest BCUT2D eigenvalue weighted by Crippen LogP contribution is -2.34. The molecule has 1 amide bonds. The zero-order valence-electron chi connectivity index (χ0n) is 16.8.